The quantitative estimate of drug-likeness (QED) is 0.321. The monoisotopic (exact) mass is 411 g/mol. The van der Waals surface area contributed by atoms with Gasteiger partial charge in [0.1, 0.15) is 0 Å². The number of rotatable bonds is 10. The van der Waals surface area contributed by atoms with Crippen LogP contribution in [0.3, 0.4) is 0 Å². The fourth-order valence-electron chi connectivity index (χ4n) is 5.23. The van der Waals surface area contributed by atoms with Gasteiger partial charge in [-0.2, -0.15) is 0 Å². The van der Waals surface area contributed by atoms with Crippen molar-refractivity contribution in [1.29, 1.82) is 0 Å². The van der Waals surface area contributed by atoms with E-state index in [1.54, 1.807) is 5.56 Å². The fraction of sp³-hybridized carbons (Fsp3) is 0.400. The van der Waals surface area contributed by atoms with Crippen LogP contribution in [0.1, 0.15) is 54.7 Å². The lowest BCUT2D eigenvalue weighted by Gasteiger charge is -2.36. The van der Waals surface area contributed by atoms with E-state index in [0.29, 0.717) is 5.92 Å². The van der Waals surface area contributed by atoms with E-state index in [-0.39, 0.29) is 0 Å². The van der Waals surface area contributed by atoms with Crippen molar-refractivity contribution in [3.05, 3.63) is 108 Å². The average molecular weight is 412 g/mol. The van der Waals surface area contributed by atoms with Crippen molar-refractivity contribution in [2.75, 3.05) is 19.6 Å². The van der Waals surface area contributed by atoms with Gasteiger partial charge in [0.05, 0.1) is 0 Å². The Balaban J connectivity index is 1.26. The zero-order valence-corrected chi connectivity index (χ0v) is 18.8. The Labute approximate surface area is 189 Å². The molecule has 162 valence electrons. The van der Waals surface area contributed by atoms with Gasteiger partial charge in [0.25, 0.3) is 0 Å². The van der Waals surface area contributed by atoms with Crippen LogP contribution < -0.4 is 0 Å². The van der Waals surface area contributed by atoms with Crippen molar-refractivity contribution < 1.29 is 0 Å². The van der Waals surface area contributed by atoms with Crippen molar-refractivity contribution in [2.45, 2.75) is 50.9 Å². The molecule has 1 unspecified atom stereocenters. The Kier molecular flexibility index (Phi) is 8.36. The van der Waals surface area contributed by atoms with Gasteiger partial charge >= 0.3 is 0 Å². The van der Waals surface area contributed by atoms with Crippen LogP contribution in [0.25, 0.3) is 0 Å². The molecule has 0 aliphatic carbocycles. The number of hydrogen-bond donors (Lipinski definition) is 0. The largest absolute Gasteiger partial charge is 0.303 e. The first-order valence-corrected chi connectivity index (χ1v) is 12.2. The smallest absolute Gasteiger partial charge is 0.00159 e. The lowest BCUT2D eigenvalue weighted by molar-refractivity contribution is 0.163. The van der Waals surface area contributed by atoms with E-state index in [1.807, 2.05) is 0 Å². The third-order valence-electron chi connectivity index (χ3n) is 7.05. The first-order chi connectivity index (χ1) is 15.4. The van der Waals surface area contributed by atoms with E-state index in [2.05, 4.69) is 95.9 Å². The van der Waals surface area contributed by atoms with Crippen LogP contribution in [-0.4, -0.2) is 24.5 Å². The maximum atomic E-state index is 2.71. The number of aryl methyl sites for hydroxylation is 2. The van der Waals surface area contributed by atoms with E-state index in [4.69, 9.17) is 0 Å². The van der Waals surface area contributed by atoms with Gasteiger partial charge in [-0.3, -0.25) is 0 Å². The topological polar surface area (TPSA) is 3.24 Å². The number of piperidine rings is 1. The van der Waals surface area contributed by atoms with Crippen LogP contribution in [0.4, 0.5) is 0 Å². The Bertz CT molecular complexity index is 851. The lowest BCUT2D eigenvalue weighted by Crippen LogP contribution is -2.36. The fourth-order valence-corrected chi connectivity index (χ4v) is 5.23. The molecule has 0 N–H and O–H groups in total. The van der Waals surface area contributed by atoms with Crippen LogP contribution in [-0.2, 0) is 12.8 Å². The molecule has 3 aromatic rings. The molecule has 0 aromatic heterocycles. The molecule has 1 heterocycles. The van der Waals surface area contributed by atoms with Crippen LogP contribution in [0, 0.1) is 5.92 Å². The van der Waals surface area contributed by atoms with Crippen molar-refractivity contribution in [3.63, 3.8) is 0 Å². The summed E-state index contributed by atoms with van der Waals surface area (Å²) in [5.41, 5.74) is 4.49. The van der Waals surface area contributed by atoms with Crippen LogP contribution in [0.2, 0.25) is 0 Å². The molecule has 0 saturated carbocycles. The van der Waals surface area contributed by atoms with Crippen LogP contribution >= 0.6 is 0 Å². The number of benzene rings is 3. The molecule has 0 bridgehead atoms. The van der Waals surface area contributed by atoms with Gasteiger partial charge < -0.3 is 4.90 Å². The van der Waals surface area contributed by atoms with E-state index >= 15 is 0 Å². The summed E-state index contributed by atoms with van der Waals surface area (Å²) in [5, 5.41) is 0. The van der Waals surface area contributed by atoms with Crippen molar-refractivity contribution in [1.82, 2.24) is 4.90 Å². The van der Waals surface area contributed by atoms with Gasteiger partial charge in [-0.15, -0.1) is 0 Å². The number of likely N-dealkylation sites (tertiary alicyclic amines) is 1. The second-order valence-electron chi connectivity index (χ2n) is 9.16. The summed E-state index contributed by atoms with van der Waals surface area (Å²) in [4.78, 5) is 2.71. The average Bonchev–Trinajstić information content (AvgIpc) is 2.85. The zero-order valence-electron chi connectivity index (χ0n) is 18.8. The van der Waals surface area contributed by atoms with Crippen LogP contribution in [0.15, 0.2) is 91.0 Å². The molecule has 1 aliphatic heterocycles. The van der Waals surface area contributed by atoms with E-state index in [1.165, 1.54) is 75.7 Å². The summed E-state index contributed by atoms with van der Waals surface area (Å²) < 4.78 is 0. The molecule has 0 radical (unpaired) electrons. The molecule has 0 spiro atoms. The second-order valence-corrected chi connectivity index (χ2v) is 9.16. The predicted octanol–water partition coefficient (Wildman–Crippen LogP) is 7.14. The Morgan fingerprint density at radius 2 is 1.19 bits per heavy atom. The highest BCUT2D eigenvalue weighted by Gasteiger charge is 2.27. The molecule has 3 aromatic carbocycles. The first kappa shape index (κ1) is 21.8. The standard InChI is InChI=1S/C30H37N/c1-4-12-26(13-5-1)16-10-11-23-31-24-21-29(22-25-31)30(28-17-8-3-9-18-28)20-19-27-14-6-2-7-15-27/h1-9,12-15,17-18,29-30H,10-11,16,19-25H2. The lowest BCUT2D eigenvalue weighted by atomic mass is 9.77. The van der Waals surface area contributed by atoms with Crippen molar-refractivity contribution >= 4 is 0 Å². The van der Waals surface area contributed by atoms with Gasteiger partial charge in [-0.05, 0) is 93.1 Å². The summed E-state index contributed by atoms with van der Waals surface area (Å²) in [5.74, 6) is 1.49. The maximum Gasteiger partial charge on any atom is -0.00159 e. The number of nitrogens with zero attached hydrogens (tertiary/aromatic N) is 1. The number of hydrogen-bond acceptors (Lipinski definition) is 1. The third kappa shape index (κ3) is 6.80. The highest BCUT2D eigenvalue weighted by Crippen LogP contribution is 2.36. The Hall–Kier alpha value is -2.38. The summed E-state index contributed by atoms with van der Waals surface area (Å²) in [6.45, 7) is 3.80. The molecule has 1 nitrogen and oxygen atoms in total. The molecular weight excluding hydrogens is 374 g/mol. The SMILES string of the molecule is c1ccc(CCCCN2CCC(C(CCc3ccccc3)c3ccccc3)CC2)cc1. The minimum absolute atomic E-state index is 0.682. The summed E-state index contributed by atoms with van der Waals surface area (Å²) in [6.07, 6.45) is 8.95. The predicted molar refractivity (Wildman–Crippen MR) is 132 cm³/mol. The molecule has 1 fully saturated rings. The highest BCUT2D eigenvalue weighted by molar-refractivity contribution is 5.22. The minimum atomic E-state index is 0.682. The van der Waals surface area contributed by atoms with Gasteiger partial charge in [-0.25, -0.2) is 0 Å². The molecule has 31 heavy (non-hydrogen) atoms. The van der Waals surface area contributed by atoms with Gasteiger partial charge in [-0.1, -0.05) is 91.0 Å². The molecular formula is C30H37N. The molecule has 0 amide bonds. The van der Waals surface area contributed by atoms with Crippen molar-refractivity contribution in [2.24, 2.45) is 5.92 Å². The Morgan fingerprint density at radius 3 is 1.81 bits per heavy atom. The molecule has 4 rings (SSSR count). The minimum Gasteiger partial charge on any atom is -0.303 e. The molecule has 1 atom stereocenters. The first-order valence-electron chi connectivity index (χ1n) is 12.2. The summed E-state index contributed by atoms with van der Waals surface area (Å²) >= 11 is 0. The third-order valence-corrected chi connectivity index (χ3v) is 7.05. The van der Waals surface area contributed by atoms with Crippen LogP contribution in [0.5, 0.6) is 0 Å². The summed E-state index contributed by atoms with van der Waals surface area (Å²) in [6, 6.07) is 33.2. The Morgan fingerprint density at radius 1 is 0.645 bits per heavy atom. The van der Waals surface area contributed by atoms with E-state index < -0.39 is 0 Å². The van der Waals surface area contributed by atoms with Gasteiger partial charge in [0.2, 0.25) is 0 Å². The van der Waals surface area contributed by atoms with Gasteiger partial charge in [0, 0.05) is 0 Å². The summed E-state index contributed by atoms with van der Waals surface area (Å²) in [7, 11) is 0. The maximum absolute atomic E-state index is 2.71. The molecule has 1 aliphatic rings. The van der Waals surface area contributed by atoms with Gasteiger partial charge in [0.15, 0.2) is 0 Å². The van der Waals surface area contributed by atoms with E-state index in [0.717, 1.165) is 5.92 Å². The highest BCUT2D eigenvalue weighted by atomic mass is 15.1. The molecule has 1 saturated heterocycles. The second kappa shape index (κ2) is 11.9. The zero-order chi connectivity index (χ0) is 21.1. The number of unbranched alkanes of at least 4 members (excludes halogenated alkanes) is 1. The van der Waals surface area contributed by atoms with E-state index in [9.17, 15) is 0 Å². The normalized spacial score (nSPS) is 16.3. The van der Waals surface area contributed by atoms with Crippen molar-refractivity contribution in [3.8, 4) is 0 Å². The molecule has 1 heteroatoms.